The Morgan fingerprint density at radius 2 is 1.62 bits per heavy atom. The summed E-state index contributed by atoms with van der Waals surface area (Å²) in [6, 6.07) is -0.0144. The van der Waals surface area contributed by atoms with Gasteiger partial charge in [-0.25, -0.2) is 9.48 Å². The molecule has 3 aromatic rings. The molecule has 3 rings (SSSR count). The van der Waals surface area contributed by atoms with Crippen LogP contribution in [0.3, 0.4) is 0 Å². The number of imidazole rings is 1. The third kappa shape index (κ3) is 1.98. The van der Waals surface area contributed by atoms with Gasteiger partial charge in [0.2, 0.25) is 5.95 Å². The zero-order valence-electron chi connectivity index (χ0n) is 15.1. The number of fused-ring (bicyclic) bond motifs is 1. The molecule has 8 nitrogen and oxygen atoms in total. The van der Waals surface area contributed by atoms with Crippen LogP contribution in [0.4, 0.5) is 0 Å². The van der Waals surface area contributed by atoms with E-state index < -0.39 is 5.69 Å². The summed E-state index contributed by atoms with van der Waals surface area (Å²) in [6.07, 6.45) is 0. The van der Waals surface area contributed by atoms with E-state index >= 15 is 0 Å². The Bertz CT molecular complexity index is 1080. The number of nitrogens with zero attached hydrogens (tertiary/aromatic N) is 6. The molecular weight excluding hydrogens is 308 g/mol. The smallest absolute Gasteiger partial charge is 0.300 e. The van der Waals surface area contributed by atoms with Crippen LogP contribution in [-0.2, 0) is 14.1 Å². The molecule has 0 saturated heterocycles. The van der Waals surface area contributed by atoms with Gasteiger partial charge in [0.1, 0.15) is 0 Å². The maximum absolute atomic E-state index is 12.7. The number of hydrogen-bond acceptors (Lipinski definition) is 4. The molecule has 0 unspecified atom stereocenters. The van der Waals surface area contributed by atoms with Gasteiger partial charge in [-0.15, -0.1) is 0 Å². The molecule has 0 saturated carbocycles. The minimum atomic E-state index is -0.392. The van der Waals surface area contributed by atoms with E-state index in [1.165, 1.54) is 11.6 Å². The molecule has 0 N–H and O–H groups in total. The third-order valence-electron chi connectivity index (χ3n) is 4.63. The van der Waals surface area contributed by atoms with E-state index in [2.05, 4.69) is 10.1 Å². The van der Waals surface area contributed by atoms with Gasteiger partial charge in [0.15, 0.2) is 11.2 Å². The summed E-state index contributed by atoms with van der Waals surface area (Å²) in [5.41, 5.74) is 3.00. The quantitative estimate of drug-likeness (QED) is 0.705. The van der Waals surface area contributed by atoms with Crippen LogP contribution in [0.2, 0.25) is 0 Å². The standard InChI is InChI=1S/C16H22N6O2/c1-8(2)21-12-13(19(6)16(24)20(7)14(12)23)17-15(21)22-11(5)9(3)10(4)18-22/h8H,1-7H3. The van der Waals surface area contributed by atoms with E-state index in [1.54, 1.807) is 11.7 Å². The zero-order chi connectivity index (χ0) is 17.9. The van der Waals surface area contributed by atoms with Crippen molar-refractivity contribution in [3.8, 4) is 5.95 Å². The second kappa shape index (κ2) is 5.19. The molecule has 3 aromatic heterocycles. The van der Waals surface area contributed by atoms with Crippen LogP contribution >= 0.6 is 0 Å². The van der Waals surface area contributed by atoms with Crippen LogP contribution in [0.25, 0.3) is 17.1 Å². The molecule has 128 valence electrons. The van der Waals surface area contributed by atoms with Crippen molar-refractivity contribution < 1.29 is 0 Å². The van der Waals surface area contributed by atoms with E-state index in [0.29, 0.717) is 17.1 Å². The predicted octanol–water partition coefficient (Wildman–Crippen LogP) is 1.13. The van der Waals surface area contributed by atoms with Gasteiger partial charge in [-0.3, -0.25) is 18.5 Å². The SMILES string of the molecule is Cc1nn(-c2nc3c(c(=O)n(C)c(=O)n3C)n2C(C)C)c(C)c1C. The Morgan fingerprint density at radius 3 is 2.12 bits per heavy atom. The highest BCUT2D eigenvalue weighted by atomic mass is 16.2. The van der Waals surface area contributed by atoms with E-state index in [1.807, 2.05) is 39.2 Å². The maximum atomic E-state index is 12.7. The van der Waals surface area contributed by atoms with Gasteiger partial charge in [0.25, 0.3) is 5.56 Å². The Balaban J connectivity index is 2.55. The van der Waals surface area contributed by atoms with Crippen molar-refractivity contribution in [3.05, 3.63) is 37.8 Å². The fourth-order valence-electron chi connectivity index (χ4n) is 2.96. The van der Waals surface area contributed by atoms with E-state index in [0.717, 1.165) is 21.5 Å². The first-order chi connectivity index (χ1) is 11.2. The molecule has 3 heterocycles. The molecule has 0 aliphatic rings. The van der Waals surface area contributed by atoms with Gasteiger partial charge < -0.3 is 0 Å². The Kier molecular flexibility index (Phi) is 3.51. The molecule has 24 heavy (non-hydrogen) atoms. The normalized spacial score (nSPS) is 11.8. The lowest BCUT2D eigenvalue weighted by atomic mass is 10.2. The van der Waals surface area contributed by atoms with Gasteiger partial charge in [-0.05, 0) is 40.2 Å². The van der Waals surface area contributed by atoms with E-state index in [9.17, 15) is 9.59 Å². The lowest BCUT2D eigenvalue weighted by Gasteiger charge is -2.13. The molecule has 0 aromatic carbocycles. The van der Waals surface area contributed by atoms with Gasteiger partial charge >= 0.3 is 5.69 Å². The monoisotopic (exact) mass is 330 g/mol. The fraction of sp³-hybridized carbons (Fsp3) is 0.500. The molecule has 0 bridgehead atoms. The Hall–Kier alpha value is -2.64. The molecule has 0 amide bonds. The average molecular weight is 330 g/mol. The summed E-state index contributed by atoms with van der Waals surface area (Å²) in [5, 5.41) is 4.56. The second-order valence-electron chi connectivity index (χ2n) is 6.46. The summed E-state index contributed by atoms with van der Waals surface area (Å²) in [5.74, 6) is 0.548. The summed E-state index contributed by atoms with van der Waals surface area (Å²) in [7, 11) is 3.10. The first-order valence-electron chi connectivity index (χ1n) is 7.88. The van der Waals surface area contributed by atoms with Crippen molar-refractivity contribution in [2.24, 2.45) is 14.1 Å². The van der Waals surface area contributed by atoms with Crippen LogP contribution in [0.15, 0.2) is 9.59 Å². The lowest BCUT2D eigenvalue weighted by Crippen LogP contribution is -2.37. The van der Waals surface area contributed by atoms with Crippen molar-refractivity contribution in [1.82, 2.24) is 28.5 Å². The van der Waals surface area contributed by atoms with E-state index in [-0.39, 0.29) is 11.6 Å². The van der Waals surface area contributed by atoms with E-state index in [4.69, 9.17) is 0 Å². The highest BCUT2D eigenvalue weighted by molar-refractivity contribution is 5.73. The van der Waals surface area contributed by atoms with Crippen molar-refractivity contribution >= 4 is 11.2 Å². The molecule has 8 heteroatoms. The number of aromatic nitrogens is 6. The first-order valence-corrected chi connectivity index (χ1v) is 7.88. The summed E-state index contributed by atoms with van der Waals surface area (Å²) >= 11 is 0. The minimum absolute atomic E-state index is 0.0144. The minimum Gasteiger partial charge on any atom is -0.300 e. The molecule has 0 atom stereocenters. The molecule has 0 aliphatic carbocycles. The van der Waals surface area contributed by atoms with Crippen LogP contribution in [0.5, 0.6) is 0 Å². The average Bonchev–Trinajstić information content (AvgIpc) is 3.04. The lowest BCUT2D eigenvalue weighted by molar-refractivity contribution is 0.579. The highest BCUT2D eigenvalue weighted by Gasteiger charge is 2.23. The fourth-order valence-corrected chi connectivity index (χ4v) is 2.96. The van der Waals surface area contributed by atoms with Crippen molar-refractivity contribution in [1.29, 1.82) is 0 Å². The van der Waals surface area contributed by atoms with Crippen molar-refractivity contribution in [2.75, 3.05) is 0 Å². The van der Waals surface area contributed by atoms with Crippen LogP contribution < -0.4 is 11.2 Å². The van der Waals surface area contributed by atoms with Gasteiger partial charge in [0.05, 0.1) is 5.69 Å². The number of aryl methyl sites for hydroxylation is 2. The zero-order valence-corrected chi connectivity index (χ0v) is 15.1. The summed E-state index contributed by atoms with van der Waals surface area (Å²) < 4.78 is 6.10. The largest absolute Gasteiger partial charge is 0.332 e. The topological polar surface area (TPSA) is 79.6 Å². The molecule has 0 fully saturated rings. The number of hydrogen-bond donors (Lipinski definition) is 0. The highest BCUT2D eigenvalue weighted by Crippen LogP contribution is 2.23. The molecule has 0 radical (unpaired) electrons. The van der Waals surface area contributed by atoms with Crippen molar-refractivity contribution in [3.63, 3.8) is 0 Å². The van der Waals surface area contributed by atoms with Crippen LogP contribution in [0, 0.1) is 20.8 Å². The summed E-state index contributed by atoms with van der Waals surface area (Å²) in [4.78, 5) is 29.5. The van der Waals surface area contributed by atoms with Crippen molar-refractivity contribution in [2.45, 2.75) is 40.7 Å². The number of rotatable bonds is 2. The van der Waals surface area contributed by atoms with Crippen LogP contribution in [-0.4, -0.2) is 28.5 Å². The predicted molar refractivity (Wildman–Crippen MR) is 91.9 cm³/mol. The summed E-state index contributed by atoms with van der Waals surface area (Å²) in [6.45, 7) is 9.87. The van der Waals surface area contributed by atoms with Gasteiger partial charge in [0, 0.05) is 25.8 Å². The Morgan fingerprint density at radius 1 is 1.00 bits per heavy atom. The van der Waals surface area contributed by atoms with Gasteiger partial charge in [-0.1, -0.05) is 0 Å². The third-order valence-corrected chi connectivity index (χ3v) is 4.63. The Labute approximate surface area is 139 Å². The van der Waals surface area contributed by atoms with Gasteiger partial charge in [-0.2, -0.15) is 10.1 Å². The second-order valence-corrected chi connectivity index (χ2v) is 6.46. The molecular formula is C16H22N6O2. The molecule has 0 spiro atoms. The molecule has 0 aliphatic heterocycles. The maximum Gasteiger partial charge on any atom is 0.332 e. The first kappa shape index (κ1) is 16.2. The van der Waals surface area contributed by atoms with Crippen LogP contribution in [0.1, 0.15) is 36.8 Å².